The number of phenols is 1. The minimum atomic E-state index is -1.13. The first-order valence-electron chi connectivity index (χ1n) is 9.00. The Bertz CT molecular complexity index is 756. The van der Waals surface area contributed by atoms with Gasteiger partial charge in [-0.15, -0.1) is 6.58 Å². The SMILES string of the molecule is C=CCN1CC[C@]23c4c(ccc(O)c4O[C@H]2C(=O)CC)C[C@@H]1[C@@]3(C)O. The molecule has 134 valence electrons. The maximum atomic E-state index is 12.7. The molecule has 1 fully saturated rings. The molecule has 5 heteroatoms. The topological polar surface area (TPSA) is 70.0 Å². The van der Waals surface area contributed by atoms with Gasteiger partial charge in [0.15, 0.2) is 23.4 Å². The molecule has 5 nitrogen and oxygen atoms in total. The average Bonchev–Trinajstić information content (AvgIpc) is 2.92. The van der Waals surface area contributed by atoms with Crippen LogP contribution in [0.5, 0.6) is 11.5 Å². The van der Waals surface area contributed by atoms with Crippen LogP contribution in [-0.4, -0.2) is 51.7 Å². The number of fused-ring (bicyclic) bond motifs is 1. The number of aliphatic hydroxyl groups is 1. The minimum Gasteiger partial charge on any atom is -0.504 e. The van der Waals surface area contributed by atoms with E-state index in [0.717, 1.165) is 17.7 Å². The van der Waals surface area contributed by atoms with Crippen molar-refractivity contribution in [2.45, 2.75) is 56.3 Å². The molecule has 2 heterocycles. The second-order valence-electron chi connectivity index (χ2n) is 7.64. The van der Waals surface area contributed by atoms with E-state index in [0.29, 0.717) is 31.6 Å². The number of hydrogen-bond acceptors (Lipinski definition) is 5. The van der Waals surface area contributed by atoms with E-state index in [1.807, 2.05) is 26.0 Å². The number of likely N-dealkylation sites (tertiary alicyclic amines) is 1. The molecule has 3 aliphatic rings. The Kier molecular flexibility index (Phi) is 3.54. The van der Waals surface area contributed by atoms with Gasteiger partial charge in [-0.2, -0.15) is 0 Å². The van der Waals surface area contributed by atoms with Crippen LogP contribution in [0.25, 0.3) is 0 Å². The molecule has 1 aliphatic carbocycles. The van der Waals surface area contributed by atoms with Gasteiger partial charge in [0.2, 0.25) is 0 Å². The van der Waals surface area contributed by atoms with E-state index in [9.17, 15) is 15.0 Å². The van der Waals surface area contributed by atoms with Crippen LogP contribution in [0.15, 0.2) is 24.8 Å². The average molecular weight is 343 g/mol. The molecule has 25 heavy (non-hydrogen) atoms. The van der Waals surface area contributed by atoms with Crippen molar-refractivity contribution in [2.75, 3.05) is 13.1 Å². The number of aromatic hydroxyl groups is 1. The van der Waals surface area contributed by atoms with Gasteiger partial charge in [0.1, 0.15) is 0 Å². The van der Waals surface area contributed by atoms with E-state index in [2.05, 4.69) is 11.5 Å². The fourth-order valence-electron chi connectivity index (χ4n) is 5.34. The molecule has 1 aromatic carbocycles. The number of carbonyl (C=O) groups is 1. The molecular formula is C20H25NO4. The van der Waals surface area contributed by atoms with Gasteiger partial charge in [-0.1, -0.05) is 19.1 Å². The summed E-state index contributed by atoms with van der Waals surface area (Å²) < 4.78 is 6.02. The van der Waals surface area contributed by atoms with E-state index in [1.165, 1.54) is 0 Å². The van der Waals surface area contributed by atoms with Crippen molar-refractivity contribution in [1.29, 1.82) is 0 Å². The van der Waals surface area contributed by atoms with Crippen molar-refractivity contribution in [2.24, 2.45) is 0 Å². The first-order valence-corrected chi connectivity index (χ1v) is 9.00. The maximum Gasteiger partial charge on any atom is 0.174 e. The van der Waals surface area contributed by atoms with Crippen LogP contribution in [0, 0.1) is 0 Å². The lowest BCUT2D eigenvalue weighted by molar-refractivity contribution is -0.162. The smallest absolute Gasteiger partial charge is 0.174 e. The van der Waals surface area contributed by atoms with Crippen LogP contribution >= 0.6 is 0 Å². The lowest BCUT2D eigenvalue weighted by Crippen LogP contribution is -2.73. The number of ether oxygens (including phenoxy) is 1. The van der Waals surface area contributed by atoms with Crippen molar-refractivity contribution < 1.29 is 19.7 Å². The Morgan fingerprint density at radius 2 is 2.28 bits per heavy atom. The number of carbonyl (C=O) groups excluding carboxylic acids is 1. The highest BCUT2D eigenvalue weighted by Gasteiger charge is 2.69. The highest BCUT2D eigenvalue weighted by atomic mass is 16.5. The first kappa shape index (κ1) is 16.6. The van der Waals surface area contributed by atoms with Crippen LogP contribution in [-0.2, 0) is 16.6 Å². The summed E-state index contributed by atoms with van der Waals surface area (Å²) in [5, 5.41) is 22.0. The molecule has 0 radical (unpaired) electrons. The molecule has 4 rings (SSSR count). The van der Waals surface area contributed by atoms with Gasteiger partial charge in [-0.05, 0) is 31.4 Å². The van der Waals surface area contributed by atoms with Gasteiger partial charge >= 0.3 is 0 Å². The minimum absolute atomic E-state index is 0.0281. The molecule has 2 aliphatic heterocycles. The maximum absolute atomic E-state index is 12.7. The molecule has 0 amide bonds. The fraction of sp³-hybridized carbons (Fsp3) is 0.550. The molecule has 0 unspecified atom stereocenters. The van der Waals surface area contributed by atoms with Gasteiger partial charge in [-0.25, -0.2) is 0 Å². The summed E-state index contributed by atoms with van der Waals surface area (Å²) in [6.45, 7) is 8.94. The second kappa shape index (κ2) is 5.32. The zero-order chi connectivity index (χ0) is 18.0. The van der Waals surface area contributed by atoms with Crippen LogP contribution in [0.4, 0.5) is 0 Å². The lowest BCUT2D eigenvalue weighted by atomic mass is 9.53. The highest BCUT2D eigenvalue weighted by Crippen LogP contribution is 2.61. The largest absolute Gasteiger partial charge is 0.504 e. The third-order valence-corrected chi connectivity index (χ3v) is 6.56. The summed E-state index contributed by atoms with van der Waals surface area (Å²) in [5.41, 5.74) is -0.0248. The van der Waals surface area contributed by atoms with E-state index in [-0.39, 0.29) is 17.6 Å². The van der Waals surface area contributed by atoms with Gasteiger partial charge in [0.25, 0.3) is 0 Å². The Hall–Kier alpha value is -1.85. The van der Waals surface area contributed by atoms with Crippen molar-refractivity contribution in [1.82, 2.24) is 4.90 Å². The molecule has 4 atom stereocenters. The first-order chi connectivity index (χ1) is 11.9. The summed E-state index contributed by atoms with van der Waals surface area (Å²) in [7, 11) is 0. The number of piperidine rings is 1. The standard InChI is InChI=1S/C20H25NO4/c1-4-9-21-10-8-20-16-12(11-15(21)19(20,3)24)6-7-14(23)17(16)25-18(20)13(22)5-2/h4,6-7,15,18,23-24H,1,5,8-11H2,2-3H3/t15-,18+,19-,20+/m1/s1. The highest BCUT2D eigenvalue weighted by molar-refractivity contribution is 5.88. The summed E-state index contributed by atoms with van der Waals surface area (Å²) in [6.07, 6.45) is 2.73. The van der Waals surface area contributed by atoms with Gasteiger partial charge < -0.3 is 14.9 Å². The van der Waals surface area contributed by atoms with Crippen LogP contribution in [0.3, 0.4) is 0 Å². The van der Waals surface area contributed by atoms with E-state index in [1.54, 1.807) is 6.07 Å². The molecule has 1 aromatic rings. The molecule has 1 saturated heterocycles. The van der Waals surface area contributed by atoms with Crippen molar-refractivity contribution in [3.05, 3.63) is 35.9 Å². The number of Topliss-reactive ketones (excluding diaryl/α,β-unsaturated/α-hetero) is 1. The zero-order valence-electron chi connectivity index (χ0n) is 14.8. The molecule has 2 N–H and O–H groups in total. The van der Waals surface area contributed by atoms with Crippen LogP contribution in [0.2, 0.25) is 0 Å². The van der Waals surface area contributed by atoms with Gasteiger partial charge in [0, 0.05) is 31.1 Å². The Labute approximate surface area is 147 Å². The summed E-state index contributed by atoms with van der Waals surface area (Å²) in [6, 6.07) is 3.43. The predicted octanol–water partition coefficient (Wildman–Crippen LogP) is 1.94. The van der Waals surface area contributed by atoms with Crippen LogP contribution < -0.4 is 4.74 Å². The Morgan fingerprint density at radius 1 is 1.52 bits per heavy atom. The van der Waals surface area contributed by atoms with E-state index < -0.39 is 17.1 Å². The molecular weight excluding hydrogens is 318 g/mol. The Balaban J connectivity index is 1.97. The normalized spacial score (nSPS) is 35.8. The molecule has 0 aromatic heterocycles. The van der Waals surface area contributed by atoms with Crippen LogP contribution in [0.1, 0.15) is 37.8 Å². The summed E-state index contributed by atoms with van der Waals surface area (Å²) in [4.78, 5) is 15.0. The summed E-state index contributed by atoms with van der Waals surface area (Å²) in [5.74, 6) is 0.409. The fourth-order valence-corrected chi connectivity index (χ4v) is 5.34. The number of hydrogen-bond donors (Lipinski definition) is 2. The van der Waals surface area contributed by atoms with Gasteiger partial charge in [0.05, 0.1) is 11.0 Å². The van der Waals surface area contributed by atoms with Crippen molar-refractivity contribution in [3.8, 4) is 11.5 Å². The Morgan fingerprint density at radius 3 is 2.96 bits per heavy atom. The molecule has 2 bridgehead atoms. The number of benzene rings is 1. The number of ketones is 1. The predicted molar refractivity (Wildman–Crippen MR) is 94.0 cm³/mol. The summed E-state index contributed by atoms with van der Waals surface area (Å²) >= 11 is 0. The molecule has 1 spiro atoms. The van der Waals surface area contributed by atoms with Crippen molar-refractivity contribution >= 4 is 5.78 Å². The monoisotopic (exact) mass is 343 g/mol. The van der Waals surface area contributed by atoms with Crippen molar-refractivity contribution in [3.63, 3.8) is 0 Å². The number of rotatable bonds is 4. The molecule has 0 saturated carbocycles. The number of nitrogens with zero attached hydrogens (tertiary/aromatic N) is 1. The van der Waals surface area contributed by atoms with E-state index >= 15 is 0 Å². The number of phenolic OH excluding ortho intramolecular Hbond substituents is 1. The lowest BCUT2D eigenvalue weighted by Gasteiger charge is -2.59. The quantitative estimate of drug-likeness (QED) is 0.818. The third-order valence-electron chi connectivity index (χ3n) is 6.56. The second-order valence-corrected chi connectivity index (χ2v) is 7.64. The third kappa shape index (κ3) is 1.88. The zero-order valence-corrected chi connectivity index (χ0v) is 14.8. The van der Waals surface area contributed by atoms with Gasteiger partial charge in [-0.3, -0.25) is 9.69 Å². The van der Waals surface area contributed by atoms with E-state index in [4.69, 9.17) is 4.74 Å².